The third-order valence-electron chi connectivity index (χ3n) is 4.08. The second-order valence-electron chi connectivity index (χ2n) is 5.85. The summed E-state index contributed by atoms with van der Waals surface area (Å²) in [6.07, 6.45) is -0.213. The number of fused-ring (bicyclic) bond motifs is 1. The zero-order chi connectivity index (χ0) is 18.0. The van der Waals surface area contributed by atoms with Crippen LogP contribution in [-0.2, 0) is 0 Å². The lowest BCUT2D eigenvalue weighted by molar-refractivity contribution is 0.167. The first kappa shape index (κ1) is 18.0. The molecule has 1 atom stereocenters. The molecule has 0 aliphatic carbocycles. The van der Waals surface area contributed by atoms with Crippen LogP contribution in [0.25, 0.3) is 0 Å². The van der Waals surface area contributed by atoms with Crippen LogP contribution in [0.3, 0.4) is 0 Å². The number of likely N-dealkylation sites (N-methyl/N-ethyl adjacent to an activating group) is 1. The van der Waals surface area contributed by atoms with Gasteiger partial charge in [0.25, 0.3) is 0 Å². The molecule has 136 valence electrons. The molecule has 0 amide bonds. The summed E-state index contributed by atoms with van der Waals surface area (Å²) in [5.41, 5.74) is 1.80. The molecule has 1 aliphatic rings. The van der Waals surface area contributed by atoms with Crippen LogP contribution < -0.4 is 13.9 Å². The van der Waals surface area contributed by atoms with Gasteiger partial charge in [-0.25, -0.2) is 8.70 Å². The largest absolute Gasteiger partial charge is 0.392 e. The van der Waals surface area contributed by atoms with Gasteiger partial charge in [-0.3, -0.25) is 13.4 Å². The van der Waals surface area contributed by atoms with E-state index < -0.39 is 17.1 Å². The SMILES string of the molecule is CNC[C@@H](O)CCN1c2ccccc2N(c2ccc(F)cc2)S1(O)O. The van der Waals surface area contributed by atoms with Crippen LogP contribution in [0.4, 0.5) is 21.5 Å². The lowest BCUT2D eigenvalue weighted by Crippen LogP contribution is -2.34. The van der Waals surface area contributed by atoms with Crippen molar-refractivity contribution in [2.75, 3.05) is 28.7 Å². The summed E-state index contributed by atoms with van der Waals surface area (Å²) >= 11 is 0. The van der Waals surface area contributed by atoms with E-state index in [2.05, 4.69) is 5.32 Å². The molecule has 0 aromatic heterocycles. The van der Waals surface area contributed by atoms with E-state index in [0.29, 0.717) is 30.0 Å². The van der Waals surface area contributed by atoms with Crippen LogP contribution in [0.5, 0.6) is 0 Å². The molecule has 0 fully saturated rings. The molecular formula is C17H22FN3O3S. The number of benzene rings is 2. The molecule has 25 heavy (non-hydrogen) atoms. The molecule has 2 aromatic carbocycles. The summed E-state index contributed by atoms with van der Waals surface area (Å²) in [6.45, 7) is 0.705. The number of rotatable bonds is 6. The number of nitrogens with one attached hydrogen (secondary N) is 1. The minimum Gasteiger partial charge on any atom is -0.392 e. The van der Waals surface area contributed by atoms with Crippen molar-refractivity contribution in [2.45, 2.75) is 12.5 Å². The molecular weight excluding hydrogens is 345 g/mol. The summed E-state index contributed by atoms with van der Waals surface area (Å²) in [5, 5.41) is 12.8. The Labute approximate surface area is 148 Å². The molecule has 0 bridgehead atoms. The maximum absolute atomic E-state index is 13.2. The Morgan fingerprint density at radius 1 is 1.08 bits per heavy atom. The Kier molecular flexibility index (Phi) is 5.16. The van der Waals surface area contributed by atoms with E-state index in [1.54, 1.807) is 19.2 Å². The molecule has 6 nitrogen and oxygen atoms in total. The van der Waals surface area contributed by atoms with E-state index in [4.69, 9.17) is 0 Å². The number of nitrogens with zero attached hydrogens (tertiary/aromatic N) is 2. The number of anilines is 3. The third-order valence-corrected chi connectivity index (χ3v) is 5.94. The van der Waals surface area contributed by atoms with Gasteiger partial charge < -0.3 is 10.4 Å². The fourth-order valence-electron chi connectivity index (χ4n) is 2.91. The van der Waals surface area contributed by atoms with E-state index in [1.165, 1.54) is 32.9 Å². The number of aliphatic hydroxyl groups excluding tert-OH is 1. The van der Waals surface area contributed by atoms with Gasteiger partial charge in [0.1, 0.15) is 5.82 Å². The van der Waals surface area contributed by atoms with Gasteiger partial charge in [0.2, 0.25) is 0 Å². The van der Waals surface area contributed by atoms with E-state index in [0.717, 1.165) is 0 Å². The first-order valence-electron chi connectivity index (χ1n) is 7.98. The fraction of sp³-hybridized carbons (Fsp3) is 0.294. The second-order valence-corrected chi connectivity index (χ2v) is 7.64. The van der Waals surface area contributed by atoms with E-state index >= 15 is 0 Å². The highest BCUT2D eigenvalue weighted by Crippen LogP contribution is 2.64. The molecule has 2 aromatic rings. The molecule has 1 heterocycles. The van der Waals surface area contributed by atoms with Crippen molar-refractivity contribution in [3.8, 4) is 0 Å². The number of halogens is 1. The average Bonchev–Trinajstić information content (AvgIpc) is 2.80. The number of para-hydroxylation sites is 2. The van der Waals surface area contributed by atoms with Crippen molar-refractivity contribution in [1.82, 2.24) is 5.32 Å². The van der Waals surface area contributed by atoms with Crippen molar-refractivity contribution in [2.24, 2.45) is 0 Å². The first-order chi connectivity index (χ1) is 11.9. The van der Waals surface area contributed by atoms with Crippen LogP contribution >= 0.6 is 11.0 Å². The van der Waals surface area contributed by atoms with Gasteiger partial charge >= 0.3 is 0 Å². The summed E-state index contributed by atoms with van der Waals surface area (Å²) in [7, 11) is -1.60. The highest BCUT2D eigenvalue weighted by Gasteiger charge is 2.41. The van der Waals surface area contributed by atoms with Gasteiger partial charge in [-0.1, -0.05) is 12.1 Å². The predicted octanol–water partition coefficient (Wildman–Crippen LogP) is 3.33. The fourth-order valence-corrected chi connectivity index (χ4v) is 4.70. The normalized spacial score (nSPS) is 18.1. The quantitative estimate of drug-likeness (QED) is 0.627. The standard InChI is InChI=1S/C17H22FN3O3S/c1-19-12-15(22)10-11-20-16-4-2-3-5-17(16)21(25(20,23)24)14-8-6-13(18)7-9-14/h2-9,15,19,22-24H,10-12H2,1H3/t15-/m0/s1. The number of aliphatic hydroxyl groups is 1. The molecule has 0 saturated carbocycles. The predicted molar refractivity (Wildman–Crippen MR) is 99.7 cm³/mol. The molecule has 0 radical (unpaired) electrons. The average molecular weight is 367 g/mol. The van der Waals surface area contributed by atoms with Gasteiger partial charge in [-0.2, -0.15) is 0 Å². The molecule has 8 heteroatoms. The van der Waals surface area contributed by atoms with Crippen LogP contribution in [0.1, 0.15) is 6.42 Å². The molecule has 3 rings (SSSR count). The summed E-state index contributed by atoms with van der Waals surface area (Å²) in [6, 6.07) is 12.8. The van der Waals surface area contributed by atoms with Gasteiger partial charge in [0, 0.05) is 13.1 Å². The molecule has 4 N–H and O–H groups in total. The molecule has 1 aliphatic heterocycles. The molecule has 0 spiro atoms. The lowest BCUT2D eigenvalue weighted by atomic mass is 10.2. The molecule has 0 saturated heterocycles. The number of hydrogen-bond acceptors (Lipinski definition) is 6. The second kappa shape index (κ2) is 7.19. The Hall–Kier alpha value is -1.84. The maximum Gasteiger partial charge on any atom is 0.123 e. The highest BCUT2D eigenvalue weighted by atomic mass is 32.3. The third kappa shape index (κ3) is 3.44. The summed E-state index contributed by atoms with van der Waals surface area (Å²) in [4.78, 5) is 0. The lowest BCUT2D eigenvalue weighted by Gasteiger charge is -2.44. The zero-order valence-corrected chi connectivity index (χ0v) is 14.7. The van der Waals surface area contributed by atoms with Crippen molar-refractivity contribution >= 4 is 28.0 Å². The Bertz CT molecular complexity index is 729. The van der Waals surface area contributed by atoms with Crippen LogP contribution in [0.2, 0.25) is 0 Å². The highest BCUT2D eigenvalue weighted by molar-refractivity contribution is 8.27. The van der Waals surface area contributed by atoms with Crippen molar-refractivity contribution < 1.29 is 18.6 Å². The van der Waals surface area contributed by atoms with E-state index in [1.807, 2.05) is 12.1 Å². The van der Waals surface area contributed by atoms with E-state index in [9.17, 15) is 18.6 Å². The van der Waals surface area contributed by atoms with Gasteiger partial charge in [-0.15, -0.1) is 0 Å². The van der Waals surface area contributed by atoms with Crippen LogP contribution in [0.15, 0.2) is 48.5 Å². The smallest absolute Gasteiger partial charge is 0.123 e. The summed E-state index contributed by atoms with van der Waals surface area (Å²) in [5.74, 6) is -0.389. The van der Waals surface area contributed by atoms with Crippen molar-refractivity contribution in [3.63, 3.8) is 0 Å². The van der Waals surface area contributed by atoms with E-state index in [-0.39, 0.29) is 12.4 Å². The maximum atomic E-state index is 13.2. The topological polar surface area (TPSA) is 79.2 Å². The van der Waals surface area contributed by atoms with Crippen molar-refractivity contribution in [1.29, 1.82) is 0 Å². The first-order valence-corrected chi connectivity index (χ1v) is 9.44. The monoisotopic (exact) mass is 367 g/mol. The minimum atomic E-state index is -3.35. The Morgan fingerprint density at radius 2 is 1.72 bits per heavy atom. The van der Waals surface area contributed by atoms with Gasteiger partial charge in [0.15, 0.2) is 0 Å². The molecule has 0 unspecified atom stereocenters. The zero-order valence-electron chi connectivity index (χ0n) is 13.8. The van der Waals surface area contributed by atoms with Crippen LogP contribution in [0, 0.1) is 5.82 Å². The minimum absolute atomic E-state index is 0.278. The van der Waals surface area contributed by atoms with Gasteiger partial charge in [0.05, 0.1) is 23.2 Å². The Morgan fingerprint density at radius 3 is 2.36 bits per heavy atom. The van der Waals surface area contributed by atoms with Crippen LogP contribution in [-0.4, -0.2) is 40.5 Å². The number of hydrogen-bond donors (Lipinski definition) is 4. The summed E-state index contributed by atoms with van der Waals surface area (Å²) < 4.78 is 38.0. The van der Waals surface area contributed by atoms with Crippen molar-refractivity contribution in [3.05, 3.63) is 54.3 Å². The van der Waals surface area contributed by atoms with Gasteiger partial charge in [-0.05, 0) is 60.8 Å². The Balaban J connectivity index is 1.94.